The number of aryl methyl sites for hydroxylation is 1. The van der Waals surface area contributed by atoms with Gasteiger partial charge in [0.2, 0.25) is 0 Å². The second-order valence-electron chi connectivity index (χ2n) is 5.27. The Morgan fingerprint density at radius 3 is 2.60 bits per heavy atom. The molecule has 3 aromatic rings. The van der Waals surface area contributed by atoms with Crippen molar-refractivity contribution >= 4 is 17.6 Å². The van der Waals surface area contributed by atoms with Crippen molar-refractivity contribution in [2.75, 3.05) is 11.9 Å². The van der Waals surface area contributed by atoms with E-state index in [4.69, 9.17) is 4.74 Å². The van der Waals surface area contributed by atoms with E-state index in [1.807, 2.05) is 0 Å². The van der Waals surface area contributed by atoms with Crippen molar-refractivity contribution < 1.29 is 14.3 Å². The summed E-state index contributed by atoms with van der Waals surface area (Å²) in [5.74, 6) is -0.689. The van der Waals surface area contributed by atoms with E-state index < -0.39 is 5.97 Å². The topological polar surface area (TPSA) is 91.0 Å². The maximum Gasteiger partial charge on any atom is 0.358 e. The number of ether oxygens (including phenoxy) is 1. The summed E-state index contributed by atoms with van der Waals surface area (Å²) in [5.41, 5.74) is 2.14. The molecule has 0 unspecified atom stereocenters. The fourth-order valence-electron chi connectivity index (χ4n) is 2.22. The first-order valence-corrected chi connectivity index (χ1v) is 7.70. The molecule has 128 valence electrons. The van der Waals surface area contributed by atoms with Gasteiger partial charge in [-0.25, -0.2) is 9.48 Å². The molecule has 0 radical (unpaired) electrons. The fraction of sp³-hybridized carbons (Fsp3) is 0.176. The lowest BCUT2D eigenvalue weighted by atomic mass is 10.2. The molecule has 1 N–H and O–H groups in total. The Labute approximate surface area is 144 Å². The number of anilines is 1. The Morgan fingerprint density at radius 2 is 1.96 bits per heavy atom. The molecular formula is C17H17N5O3. The van der Waals surface area contributed by atoms with Crippen LogP contribution in [0.4, 0.5) is 5.69 Å². The van der Waals surface area contributed by atoms with E-state index in [9.17, 15) is 9.59 Å². The Morgan fingerprint density at radius 1 is 1.20 bits per heavy atom. The zero-order valence-electron chi connectivity index (χ0n) is 13.8. The average molecular weight is 339 g/mol. The van der Waals surface area contributed by atoms with E-state index in [-0.39, 0.29) is 11.6 Å². The second-order valence-corrected chi connectivity index (χ2v) is 5.27. The number of hydrogen-bond donors (Lipinski definition) is 1. The summed E-state index contributed by atoms with van der Waals surface area (Å²) in [7, 11) is 1.75. The molecule has 2 heterocycles. The van der Waals surface area contributed by atoms with Crippen molar-refractivity contribution in [1.29, 1.82) is 0 Å². The van der Waals surface area contributed by atoms with E-state index in [1.165, 1.54) is 6.20 Å². The van der Waals surface area contributed by atoms with Gasteiger partial charge in [-0.1, -0.05) is 0 Å². The van der Waals surface area contributed by atoms with Crippen LogP contribution < -0.4 is 5.32 Å². The number of nitrogens with zero attached hydrogens (tertiary/aromatic N) is 4. The lowest BCUT2D eigenvalue weighted by Crippen LogP contribution is -2.11. The maximum absolute atomic E-state index is 12.1. The highest BCUT2D eigenvalue weighted by Gasteiger charge is 2.11. The third-order valence-electron chi connectivity index (χ3n) is 3.43. The van der Waals surface area contributed by atoms with E-state index in [1.54, 1.807) is 66.1 Å². The van der Waals surface area contributed by atoms with Gasteiger partial charge in [-0.05, 0) is 37.3 Å². The molecule has 8 nitrogen and oxygen atoms in total. The van der Waals surface area contributed by atoms with Gasteiger partial charge in [0.25, 0.3) is 5.91 Å². The van der Waals surface area contributed by atoms with Crippen LogP contribution in [0.5, 0.6) is 0 Å². The first-order chi connectivity index (χ1) is 12.1. The molecular weight excluding hydrogens is 322 g/mol. The van der Waals surface area contributed by atoms with Gasteiger partial charge in [0.15, 0.2) is 5.69 Å². The van der Waals surface area contributed by atoms with Gasteiger partial charge in [0.1, 0.15) is 0 Å². The normalized spacial score (nSPS) is 10.5. The zero-order valence-corrected chi connectivity index (χ0v) is 13.8. The van der Waals surface area contributed by atoms with E-state index in [0.29, 0.717) is 17.9 Å². The van der Waals surface area contributed by atoms with E-state index in [0.717, 1.165) is 5.69 Å². The summed E-state index contributed by atoms with van der Waals surface area (Å²) in [5, 5.41) is 10.9. The van der Waals surface area contributed by atoms with Gasteiger partial charge in [-0.3, -0.25) is 9.48 Å². The SMILES string of the molecule is CCOC(=O)c1ccn(-c2ccc(NC(=O)c3cnn(C)c3)cc2)n1. The summed E-state index contributed by atoms with van der Waals surface area (Å²) >= 11 is 0. The quantitative estimate of drug-likeness (QED) is 0.718. The third-order valence-corrected chi connectivity index (χ3v) is 3.43. The van der Waals surface area contributed by atoms with Crippen LogP contribution in [0.15, 0.2) is 48.9 Å². The molecule has 0 fully saturated rings. The molecule has 0 aliphatic rings. The molecule has 8 heteroatoms. The van der Waals surface area contributed by atoms with Crippen molar-refractivity contribution in [2.24, 2.45) is 7.05 Å². The Hall–Kier alpha value is -3.42. The molecule has 0 bridgehead atoms. The van der Waals surface area contributed by atoms with Crippen LogP contribution in [0.25, 0.3) is 5.69 Å². The minimum Gasteiger partial charge on any atom is -0.461 e. The van der Waals surface area contributed by atoms with Crippen LogP contribution in [0.2, 0.25) is 0 Å². The number of hydrogen-bond acceptors (Lipinski definition) is 5. The number of carbonyl (C=O) groups is 2. The van der Waals surface area contributed by atoms with Gasteiger partial charge in [-0.15, -0.1) is 0 Å². The fourth-order valence-corrected chi connectivity index (χ4v) is 2.22. The van der Waals surface area contributed by atoms with Crippen molar-refractivity contribution in [3.63, 3.8) is 0 Å². The third kappa shape index (κ3) is 3.74. The van der Waals surface area contributed by atoms with Gasteiger partial charge in [-0.2, -0.15) is 10.2 Å². The molecule has 1 amide bonds. The molecule has 2 aromatic heterocycles. The molecule has 0 saturated carbocycles. The molecule has 25 heavy (non-hydrogen) atoms. The Kier molecular flexibility index (Phi) is 4.60. The van der Waals surface area contributed by atoms with Gasteiger partial charge in [0.05, 0.1) is 24.1 Å². The Balaban J connectivity index is 1.70. The highest BCUT2D eigenvalue weighted by atomic mass is 16.5. The highest BCUT2D eigenvalue weighted by Crippen LogP contribution is 2.14. The summed E-state index contributed by atoms with van der Waals surface area (Å²) < 4.78 is 8.05. The van der Waals surface area contributed by atoms with Crippen LogP contribution >= 0.6 is 0 Å². The first-order valence-electron chi connectivity index (χ1n) is 7.70. The predicted molar refractivity (Wildman–Crippen MR) is 90.7 cm³/mol. The first kappa shape index (κ1) is 16.4. The number of rotatable bonds is 5. The van der Waals surface area contributed by atoms with Crippen LogP contribution in [-0.2, 0) is 11.8 Å². The van der Waals surface area contributed by atoms with Gasteiger partial charge in [0, 0.05) is 25.1 Å². The van der Waals surface area contributed by atoms with Crippen LogP contribution in [0.1, 0.15) is 27.8 Å². The average Bonchev–Trinajstić information content (AvgIpc) is 3.25. The monoisotopic (exact) mass is 339 g/mol. The summed E-state index contributed by atoms with van der Waals surface area (Å²) in [4.78, 5) is 23.7. The number of amides is 1. The van der Waals surface area contributed by atoms with Crippen molar-refractivity contribution in [1.82, 2.24) is 19.6 Å². The molecule has 0 atom stereocenters. The molecule has 0 aliphatic heterocycles. The van der Waals surface area contributed by atoms with Crippen LogP contribution in [0, 0.1) is 0 Å². The van der Waals surface area contributed by atoms with E-state index in [2.05, 4.69) is 15.5 Å². The van der Waals surface area contributed by atoms with E-state index >= 15 is 0 Å². The van der Waals surface area contributed by atoms with Crippen LogP contribution in [-0.4, -0.2) is 38.0 Å². The van der Waals surface area contributed by atoms with Crippen molar-refractivity contribution in [2.45, 2.75) is 6.92 Å². The molecule has 1 aromatic carbocycles. The summed E-state index contributed by atoms with van der Waals surface area (Å²) in [6.07, 6.45) is 4.82. The number of benzene rings is 1. The second kappa shape index (κ2) is 7.00. The van der Waals surface area contributed by atoms with Gasteiger partial charge >= 0.3 is 5.97 Å². The highest BCUT2D eigenvalue weighted by molar-refractivity contribution is 6.03. The predicted octanol–water partition coefficient (Wildman–Crippen LogP) is 2.03. The number of nitrogens with one attached hydrogen (secondary N) is 1. The smallest absolute Gasteiger partial charge is 0.358 e. The minimum absolute atomic E-state index is 0.232. The number of aromatic nitrogens is 4. The summed E-state index contributed by atoms with van der Waals surface area (Å²) in [6, 6.07) is 8.70. The zero-order chi connectivity index (χ0) is 17.8. The minimum atomic E-state index is -0.457. The lowest BCUT2D eigenvalue weighted by Gasteiger charge is -2.06. The molecule has 0 aliphatic carbocycles. The standard InChI is InChI=1S/C17H17N5O3/c1-3-25-17(24)15-8-9-22(20-15)14-6-4-13(5-7-14)19-16(23)12-10-18-21(2)11-12/h4-11H,3H2,1-2H3,(H,19,23). The Bertz CT molecular complexity index is 895. The lowest BCUT2D eigenvalue weighted by molar-refractivity contribution is 0.0519. The number of esters is 1. The molecule has 3 rings (SSSR count). The summed E-state index contributed by atoms with van der Waals surface area (Å²) in [6.45, 7) is 2.05. The van der Waals surface area contributed by atoms with Gasteiger partial charge < -0.3 is 10.1 Å². The number of carbonyl (C=O) groups excluding carboxylic acids is 2. The van der Waals surface area contributed by atoms with Crippen LogP contribution in [0.3, 0.4) is 0 Å². The molecule has 0 saturated heterocycles. The van der Waals surface area contributed by atoms with Crippen molar-refractivity contribution in [3.05, 3.63) is 60.2 Å². The molecule has 0 spiro atoms. The van der Waals surface area contributed by atoms with Crippen molar-refractivity contribution in [3.8, 4) is 5.69 Å². The maximum atomic E-state index is 12.1. The largest absolute Gasteiger partial charge is 0.461 e.